The van der Waals surface area contributed by atoms with Gasteiger partial charge in [0, 0.05) is 6.04 Å². The van der Waals surface area contributed by atoms with Crippen molar-refractivity contribution in [3.63, 3.8) is 0 Å². The molecular weight excluding hydrogens is 259 g/mol. The zero-order valence-electron chi connectivity index (χ0n) is 11.7. The van der Waals surface area contributed by atoms with Crippen LogP contribution in [0.25, 0.3) is 0 Å². The second-order valence-corrected chi connectivity index (χ2v) is 5.30. The normalized spacial score (nSPS) is 21.4. The highest BCUT2D eigenvalue weighted by atomic mass is 19.1. The fourth-order valence-electron chi connectivity index (χ4n) is 2.70. The van der Waals surface area contributed by atoms with E-state index in [2.05, 4.69) is 5.32 Å². The molecule has 2 atom stereocenters. The smallest absolute Gasteiger partial charge is 0.238 e. The highest BCUT2D eigenvalue weighted by Crippen LogP contribution is 2.20. The van der Waals surface area contributed by atoms with Gasteiger partial charge in [0.1, 0.15) is 5.82 Å². The lowest BCUT2D eigenvalue weighted by atomic mass is 9.98. The fraction of sp³-hybridized carbons (Fsp3) is 0.533. The van der Waals surface area contributed by atoms with Crippen LogP contribution in [-0.4, -0.2) is 41.1 Å². The fourth-order valence-corrected chi connectivity index (χ4v) is 2.70. The number of rotatable bonds is 4. The number of benzene rings is 1. The molecule has 2 unspecified atom stereocenters. The average molecular weight is 280 g/mol. The summed E-state index contributed by atoms with van der Waals surface area (Å²) in [6.45, 7) is 2.72. The van der Waals surface area contributed by atoms with Crippen LogP contribution in [0, 0.1) is 5.82 Å². The van der Waals surface area contributed by atoms with Gasteiger partial charge in [-0.1, -0.05) is 18.6 Å². The Balaban J connectivity index is 1.95. The largest absolute Gasteiger partial charge is 0.392 e. The van der Waals surface area contributed by atoms with E-state index in [1.54, 1.807) is 19.1 Å². The Labute approximate surface area is 118 Å². The second kappa shape index (κ2) is 6.81. The zero-order chi connectivity index (χ0) is 14.5. The van der Waals surface area contributed by atoms with Gasteiger partial charge in [0.15, 0.2) is 0 Å². The molecule has 0 spiro atoms. The molecule has 1 saturated heterocycles. The lowest BCUT2D eigenvalue weighted by Gasteiger charge is -2.36. The van der Waals surface area contributed by atoms with E-state index in [9.17, 15) is 14.3 Å². The Kier molecular flexibility index (Phi) is 5.09. The Morgan fingerprint density at radius 3 is 2.95 bits per heavy atom. The first-order valence-electron chi connectivity index (χ1n) is 7.04. The number of hydrogen-bond donors (Lipinski definition) is 2. The minimum absolute atomic E-state index is 0.00937. The molecule has 1 aliphatic heterocycles. The van der Waals surface area contributed by atoms with Gasteiger partial charge in [-0.15, -0.1) is 0 Å². The van der Waals surface area contributed by atoms with Gasteiger partial charge >= 0.3 is 0 Å². The van der Waals surface area contributed by atoms with Crippen molar-refractivity contribution >= 4 is 11.6 Å². The number of anilines is 1. The first kappa shape index (κ1) is 14.9. The predicted molar refractivity (Wildman–Crippen MR) is 75.9 cm³/mol. The van der Waals surface area contributed by atoms with Crippen LogP contribution in [0.3, 0.4) is 0 Å². The monoisotopic (exact) mass is 280 g/mol. The Morgan fingerprint density at radius 1 is 1.50 bits per heavy atom. The molecule has 0 bridgehead atoms. The summed E-state index contributed by atoms with van der Waals surface area (Å²) in [4.78, 5) is 14.0. The highest BCUT2D eigenvalue weighted by molar-refractivity contribution is 5.92. The van der Waals surface area contributed by atoms with Crippen LogP contribution in [0.1, 0.15) is 26.2 Å². The summed E-state index contributed by atoms with van der Waals surface area (Å²) in [5, 5.41) is 12.3. The summed E-state index contributed by atoms with van der Waals surface area (Å²) in [6.07, 6.45) is 2.53. The first-order chi connectivity index (χ1) is 9.58. The number of carbonyl (C=O) groups excluding carboxylic acids is 1. The van der Waals surface area contributed by atoms with Crippen molar-refractivity contribution in [1.82, 2.24) is 4.90 Å². The number of aliphatic hydroxyl groups excluding tert-OH is 1. The number of nitrogens with one attached hydrogen (secondary N) is 1. The number of nitrogens with zero attached hydrogens (tertiary/aromatic N) is 1. The molecule has 110 valence electrons. The molecule has 0 radical (unpaired) electrons. The van der Waals surface area contributed by atoms with Gasteiger partial charge in [0.05, 0.1) is 18.3 Å². The van der Waals surface area contributed by atoms with Crippen molar-refractivity contribution in [2.75, 3.05) is 18.4 Å². The first-order valence-corrected chi connectivity index (χ1v) is 7.04. The number of halogens is 1. The van der Waals surface area contributed by atoms with Crippen molar-refractivity contribution < 1.29 is 14.3 Å². The van der Waals surface area contributed by atoms with Gasteiger partial charge in [0.25, 0.3) is 0 Å². The van der Waals surface area contributed by atoms with Crippen molar-refractivity contribution in [3.05, 3.63) is 30.1 Å². The summed E-state index contributed by atoms with van der Waals surface area (Å²) < 4.78 is 13.5. The molecule has 1 amide bonds. The van der Waals surface area contributed by atoms with Gasteiger partial charge in [-0.3, -0.25) is 9.69 Å². The van der Waals surface area contributed by atoms with Crippen molar-refractivity contribution in [3.8, 4) is 0 Å². The number of amides is 1. The predicted octanol–water partition coefficient (Wildman–Crippen LogP) is 2.00. The van der Waals surface area contributed by atoms with Crippen LogP contribution in [0.5, 0.6) is 0 Å². The maximum Gasteiger partial charge on any atom is 0.238 e. The molecule has 0 aliphatic carbocycles. The van der Waals surface area contributed by atoms with Crippen LogP contribution in [0.2, 0.25) is 0 Å². The van der Waals surface area contributed by atoms with E-state index in [0.29, 0.717) is 0 Å². The number of para-hydroxylation sites is 1. The van der Waals surface area contributed by atoms with Crippen molar-refractivity contribution in [2.24, 2.45) is 0 Å². The summed E-state index contributed by atoms with van der Waals surface area (Å²) >= 11 is 0. The van der Waals surface area contributed by atoms with Crippen molar-refractivity contribution in [2.45, 2.75) is 38.3 Å². The van der Waals surface area contributed by atoms with Crippen LogP contribution in [0.4, 0.5) is 10.1 Å². The minimum atomic E-state index is -0.462. The lowest BCUT2D eigenvalue weighted by Crippen LogP contribution is -2.48. The number of hydrogen-bond acceptors (Lipinski definition) is 3. The average Bonchev–Trinajstić information content (AvgIpc) is 2.41. The topological polar surface area (TPSA) is 52.6 Å². The molecule has 2 N–H and O–H groups in total. The summed E-state index contributed by atoms with van der Waals surface area (Å²) in [6, 6.07) is 6.12. The summed E-state index contributed by atoms with van der Waals surface area (Å²) in [5.41, 5.74) is 0.197. The third-order valence-electron chi connectivity index (χ3n) is 3.72. The van der Waals surface area contributed by atoms with Crippen LogP contribution in [-0.2, 0) is 4.79 Å². The van der Waals surface area contributed by atoms with E-state index in [1.165, 1.54) is 12.1 Å². The molecule has 4 nitrogen and oxygen atoms in total. The van der Waals surface area contributed by atoms with E-state index in [1.807, 2.05) is 4.90 Å². The zero-order valence-corrected chi connectivity index (χ0v) is 11.7. The molecule has 2 rings (SSSR count). The standard InChI is InChI=1S/C15H21FN2O2/c1-11(19)14-8-4-5-9-18(14)10-15(20)17-13-7-3-2-6-12(13)16/h2-3,6-7,11,14,19H,4-5,8-10H2,1H3,(H,17,20). The molecule has 20 heavy (non-hydrogen) atoms. The molecule has 1 fully saturated rings. The number of likely N-dealkylation sites (tertiary alicyclic amines) is 1. The molecule has 5 heteroatoms. The van der Waals surface area contributed by atoms with E-state index in [-0.39, 0.29) is 24.2 Å². The van der Waals surface area contributed by atoms with E-state index < -0.39 is 11.9 Å². The third kappa shape index (κ3) is 3.77. The van der Waals surface area contributed by atoms with Gasteiger partial charge in [-0.05, 0) is 38.4 Å². The summed E-state index contributed by atoms with van der Waals surface area (Å²) in [7, 11) is 0. The van der Waals surface area contributed by atoms with Crippen molar-refractivity contribution in [1.29, 1.82) is 0 Å². The molecule has 0 aromatic heterocycles. The molecule has 1 aliphatic rings. The van der Waals surface area contributed by atoms with Gasteiger partial charge in [0.2, 0.25) is 5.91 Å². The van der Waals surface area contributed by atoms with Crippen LogP contribution >= 0.6 is 0 Å². The third-order valence-corrected chi connectivity index (χ3v) is 3.72. The Morgan fingerprint density at radius 2 is 2.25 bits per heavy atom. The molecular formula is C15H21FN2O2. The molecule has 0 saturated carbocycles. The second-order valence-electron chi connectivity index (χ2n) is 5.30. The minimum Gasteiger partial charge on any atom is -0.392 e. The molecule has 1 aromatic carbocycles. The molecule has 1 heterocycles. The molecule has 1 aromatic rings. The highest BCUT2D eigenvalue weighted by Gasteiger charge is 2.27. The van der Waals surface area contributed by atoms with Crippen LogP contribution < -0.4 is 5.32 Å². The van der Waals surface area contributed by atoms with E-state index in [4.69, 9.17) is 0 Å². The van der Waals surface area contributed by atoms with Crippen LogP contribution in [0.15, 0.2) is 24.3 Å². The number of aliphatic hydroxyl groups is 1. The maximum absolute atomic E-state index is 13.5. The van der Waals surface area contributed by atoms with Gasteiger partial charge in [-0.2, -0.15) is 0 Å². The SMILES string of the molecule is CC(O)C1CCCCN1CC(=O)Nc1ccccc1F. The van der Waals surface area contributed by atoms with E-state index in [0.717, 1.165) is 25.8 Å². The quantitative estimate of drug-likeness (QED) is 0.887. The Bertz CT molecular complexity index is 465. The lowest BCUT2D eigenvalue weighted by molar-refractivity contribution is -0.118. The maximum atomic E-state index is 13.5. The Hall–Kier alpha value is -1.46. The number of carbonyl (C=O) groups is 1. The van der Waals surface area contributed by atoms with E-state index >= 15 is 0 Å². The summed E-state index contributed by atoms with van der Waals surface area (Å²) in [5.74, 6) is -0.686. The van der Waals surface area contributed by atoms with Gasteiger partial charge in [-0.25, -0.2) is 4.39 Å². The number of piperidine rings is 1. The van der Waals surface area contributed by atoms with Gasteiger partial charge < -0.3 is 10.4 Å².